The number of nitrogens with zero attached hydrogens (tertiary/aromatic N) is 4. The predicted molar refractivity (Wildman–Crippen MR) is 62.8 cm³/mol. The van der Waals surface area contributed by atoms with E-state index >= 15 is 0 Å². The maximum absolute atomic E-state index is 7.64. The van der Waals surface area contributed by atoms with E-state index < -0.39 is 0 Å². The molecule has 0 aromatic rings. The summed E-state index contributed by atoms with van der Waals surface area (Å²) in [4.78, 5) is 8.23. The Kier molecular flexibility index (Phi) is 2.59. The normalized spacial score (nSPS) is 18.2. The smallest absolute Gasteiger partial charge is 0.192 e. The van der Waals surface area contributed by atoms with Crippen LogP contribution in [0.2, 0.25) is 0 Å². The van der Waals surface area contributed by atoms with Gasteiger partial charge in [-0.2, -0.15) is 5.11 Å². The van der Waals surface area contributed by atoms with Crippen molar-refractivity contribution in [2.75, 3.05) is 5.75 Å². The van der Waals surface area contributed by atoms with Crippen LogP contribution in [0.15, 0.2) is 44.1 Å². The molecule has 0 saturated heterocycles. The van der Waals surface area contributed by atoms with Gasteiger partial charge in [0.15, 0.2) is 16.8 Å². The topological polar surface area (TPSA) is 73.3 Å². The SMILES string of the molecule is C=C(C)CSC1=NC(=N)C2=CN=NC2=N1. The predicted octanol–water partition coefficient (Wildman–Crippen LogP) is 2.39. The van der Waals surface area contributed by atoms with Crippen LogP contribution in [-0.2, 0) is 0 Å². The van der Waals surface area contributed by atoms with Crippen LogP contribution in [0.5, 0.6) is 0 Å². The van der Waals surface area contributed by atoms with Crippen molar-refractivity contribution in [1.29, 1.82) is 5.41 Å². The highest BCUT2D eigenvalue weighted by Gasteiger charge is 2.22. The molecule has 15 heavy (non-hydrogen) atoms. The molecule has 0 atom stereocenters. The first-order valence-electron chi connectivity index (χ1n) is 4.31. The third-order valence-electron chi connectivity index (χ3n) is 1.69. The number of hydrogen-bond acceptors (Lipinski definition) is 5. The lowest BCUT2D eigenvalue weighted by atomic mass is 10.2. The molecule has 0 spiro atoms. The number of azo groups is 1. The molecule has 0 aromatic carbocycles. The molecule has 0 amide bonds. The zero-order valence-corrected chi connectivity index (χ0v) is 9.01. The van der Waals surface area contributed by atoms with Crippen molar-refractivity contribution in [3.05, 3.63) is 23.9 Å². The Bertz CT molecular complexity index is 455. The molecule has 1 N–H and O–H groups in total. The number of amidine groups is 3. The van der Waals surface area contributed by atoms with Crippen LogP contribution in [0, 0.1) is 5.41 Å². The first-order chi connectivity index (χ1) is 7.16. The Labute approximate surface area is 91.3 Å². The fourth-order valence-electron chi connectivity index (χ4n) is 1.03. The van der Waals surface area contributed by atoms with E-state index in [4.69, 9.17) is 5.41 Å². The van der Waals surface area contributed by atoms with Crippen LogP contribution in [-0.4, -0.2) is 22.6 Å². The van der Waals surface area contributed by atoms with Gasteiger partial charge in [-0.05, 0) is 6.92 Å². The van der Waals surface area contributed by atoms with Crippen molar-refractivity contribution >= 4 is 28.6 Å². The maximum atomic E-state index is 7.64. The quantitative estimate of drug-likeness (QED) is 0.711. The van der Waals surface area contributed by atoms with Gasteiger partial charge in [-0.3, -0.25) is 5.41 Å². The molecule has 5 nitrogen and oxygen atoms in total. The van der Waals surface area contributed by atoms with E-state index in [1.54, 1.807) is 0 Å². The summed E-state index contributed by atoms with van der Waals surface area (Å²) in [6.45, 7) is 5.73. The molecule has 2 rings (SSSR count). The second-order valence-corrected chi connectivity index (χ2v) is 4.12. The average Bonchev–Trinajstić information content (AvgIpc) is 2.63. The summed E-state index contributed by atoms with van der Waals surface area (Å²) in [6.07, 6.45) is 1.50. The van der Waals surface area contributed by atoms with E-state index in [1.807, 2.05) is 6.92 Å². The lowest BCUT2D eigenvalue weighted by molar-refractivity contribution is 1.32. The molecule has 2 heterocycles. The number of hydrogen-bond donors (Lipinski definition) is 1. The number of nitrogens with one attached hydrogen (secondary N) is 1. The highest BCUT2D eigenvalue weighted by atomic mass is 32.2. The Morgan fingerprint density at radius 3 is 3.07 bits per heavy atom. The fraction of sp³-hybridized carbons (Fsp3) is 0.222. The third kappa shape index (κ3) is 2.10. The van der Waals surface area contributed by atoms with Crippen LogP contribution in [0.25, 0.3) is 0 Å². The number of rotatable bonds is 2. The minimum Gasteiger partial charge on any atom is -0.282 e. The Hall–Kier alpha value is -1.56. The highest BCUT2D eigenvalue weighted by molar-refractivity contribution is 8.14. The Morgan fingerprint density at radius 1 is 1.53 bits per heavy atom. The molecule has 0 unspecified atom stereocenters. The van der Waals surface area contributed by atoms with Crippen molar-refractivity contribution in [2.24, 2.45) is 20.2 Å². The largest absolute Gasteiger partial charge is 0.282 e. The molecule has 2 aliphatic heterocycles. The highest BCUT2D eigenvalue weighted by Crippen LogP contribution is 2.20. The van der Waals surface area contributed by atoms with Gasteiger partial charge in [-0.25, -0.2) is 9.98 Å². The van der Waals surface area contributed by atoms with Gasteiger partial charge in [0.25, 0.3) is 0 Å². The minimum atomic E-state index is 0.175. The summed E-state index contributed by atoms with van der Waals surface area (Å²) in [5.41, 5.74) is 1.64. The maximum Gasteiger partial charge on any atom is 0.192 e. The first kappa shape index (κ1) is 9.97. The monoisotopic (exact) mass is 219 g/mol. The van der Waals surface area contributed by atoms with Gasteiger partial charge < -0.3 is 0 Å². The van der Waals surface area contributed by atoms with Gasteiger partial charge in [0.1, 0.15) is 0 Å². The summed E-state index contributed by atoms with van der Waals surface area (Å²) in [6, 6.07) is 0. The van der Waals surface area contributed by atoms with Crippen molar-refractivity contribution in [1.82, 2.24) is 0 Å². The van der Waals surface area contributed by atoms with Crippen molar-refractivity contribution in [2.45, 2.75) is 6.92 Å². The summed E-state index contributed by atoms with van der Waals surface area (Å²) < 4.78 is 0. The Morgan fingerprint density at radius 2 is 2.33 bits per heavy atom. The number of aliphatic imine (C=N–C) groups is 2. The zero-order chi connectivity index (χ0) is 10.8. The van der Waals surface area contributed by atoms with Crippen LogP contribution in [0.3, 0.4) is 0 Å². The minimum absolute atomic E-state index is 0.175. The molecule has 0 radical (unpaired) electrons. The molecular weight excluding hydrogens is 210 g/mol. The van der Waals surface area contributed by atoms with Gasteiger partial charge in [0, 0.05) is 5.75 Å². The second kappa shape index (κ2) is 3.90. The van der Waals surface area contributed by atoms with Crippen LogP contribution in [0.1, 0.15) is 6.92 Å². The van der Waals surface area contributed by atoms with E-state index in [0.29, 0.717) is 16.6 Å². The van der Waals surface area contributed by atoms with E-state index in [-0.39, 0.29) is 5.84 Å². The van der Waals surface area contributed by atoms with Crippen LogP contribution in [0.4, 0.5) is 0 Å². The van der Waals surface area contributed by atoms with E-state index in [0.717, 1.165) is 11.3 Å². The van der Waals surface area contributed by atoms with E-state index in [1.165, 1.54) is 18.0 Å². The molecular formula is C9H9N5S. The standard InChI is InChI=1S/C9H9N5S/c1-5(2)4-15-9-12-7(10)6-3-11-14-8(6)13-9/h3,10H,1,4H2,2H3. The molecule has 2 aliphatic rings. The van der Waals surface area contributed by atoms with Crippen LogP contribution >= 0.6 is 11.8 Å². The molecule has 0 saturated carbocycles. The summed E-state index contributed by atoms with van der Waals surface area (Å²) in [5.74, 6) is 1.41. The van der Waals surface area contributed by atoms with Gasteiger partial charge in [-0.1, -0.05) is 23.9 Å². The van der Waals surface area contributed by atoms with E-state index in [9.17, 15) is 0 Å². The van der Waals surface area contributed by atoms with E-state index in [2.05, 4.69) is 26.8 Å². The molecule has 0 aliphatic carbocycles. The van der Waals surface area contributed by atoms with Crippen molar-refractivity contribution in [3.63, 3.8) is 0 Å². The number of thioether (sulfide) groups is 1. The van der Waals surface area contributed by atoms with Crippen molar-refractivity contribution in [3.8, 4) is 0 Å². The summed E-state index contributed by atoms with van der Waals surface area (Å²) >= 11 is 1.45. The van der Waals surface area contributed by atoms with Crippen molar-refractivity contribution < 1.29 is 0 Å². The lowest BCUT2D eigenvalue weighted by Crippen LogP contribution is -2.14. The molecule has 6 heteroatoms. The average molecular weight is 219 g/mol. The molecule has 0 fully saturated rings. The Balaban J connectivity index is 2.15. The summed E-state index contributed by atoms with van der Waals surface area (Å²) in [7, 11) is 0. The van der Waals surface area contributed by atoms with Gasteiger partial charge >= 0.3 is 0 Å². The van der Waals surface area contributed by atoms with Gasteiger partial charge in [0.2, 0.25) is 0 Å². The van der Waals surface area contributed by atoms with Gasteiger partial charge in [-0.15, -0.1) is 5.11 Å². The molecule has 0 aromatic heterocycles. The van der Waals surface area contributed by atoms with Gasteiger partial charge in [0.05, 0.1) is 11.8 Å². The first-order valence-corrected chi connectivity index (χ1v) is 5.30. The molecule has 0 bridgehead atoms. The molecule has 76 valence electrons. The third-order valence-corrected chi connectivity index (χ3v) is 2.77. The fourth-order valence-corrected chi connectivity index (χ4v) is 1.71. The zero-order valence-electron chi connectivity index (χ0n) is 8.19. The summed E-state index contributed by atoms with van der Waals surface area (Å²) in [5, 5.41) is 15.7. The van der Waals surface area contributed by atoms with Crippen LogP contribution < -0.4 is 0 Å². The lowest BCUT2D eigenvalue weighted by Gasteiger charge is -2.08. The second-order valence-electron chi connectivity index (χ2n) is 3.18. The number of fused-ring (bicyclic) bond motifs is 1.